The Kier molecular flexibility index (Phi) is 5.04. The molecular formula is C27H29F3N4O. The molecule has 8 heteroatoms. The molecule has 2 aliphatic heterocycles. The third kappa shape index (κ3) is 3.64. The number of likely N-dealkylation sites (tertiary alicyclic amines) is 1. The van der Waals surface area contributed by atoms with Crippen molar-refractivity contribution in [3.05, 3.63) is 59.4 Å². The maximum atomic E-state index is 14.5. The van der Waals surface area contributed by atoms with E-state index < -0.39 is 11.7 Å². The van der Waals surface area contributed by atoms with Crippen molar-refractivity contribution < 1.29 is 18.0 Å². The molecule has 184 valence electrons. The van der Waals surface area contributed by atoms with Crippen LogP contribution in [0.15, 0.2) is 42.7 Å². The van der Waals surface area contributed by atoms with Crippen LogP contribution in [-0.2, 0) is 12.0 Å². The minimum Gasteiger partial charge on any atom is -0.321 e. The standard InChI is InChI=1S/C27H29F3N4O/c1-25(8-3-9-25)17-33-12-10-26(11-13-33,27(28,29)30)34-16-18(15-31-34)14-19-6-7-22-23-20(19)4-2-5-21(23)24(35)32-22/h2,4-7,15-16H,3,8-14,17H2,1H3,(H,32,35). The molecule has 1 N–H and O–H groups in total. The zero-order valence-corrected chi connectivity index (χ0v) is 19.8. The Balaban J connectivity index is 1.26. The number of hydrogen-bond donors (Lipinski definition) is 1. The summed E-state index contributed by atoms with van der Waals surface area (Å²) in [7, 11) is 0. The van der Waals surface area contributed by atoms with Crippen molar-refractivity contribution in [3.8, 4) is 0 Å². The topological polar surface area (TPSA) is 50.2 Å². The predicted molar refractivity (Wildman–Crippen MR) is 129 cm³/mol. The van der Waals surface area contributed by atoms with E-state index in [1.165, 1.54) is 11.1 Å². The second-order valence-electron chi connectivity index (χ2n) is 10.9. The number of halogens is 3. The van der Waals surface area contributed by atoms with Gasteiger partial charge in [0.2, 0.25) is 0 Å². The van der Waals surface area contributed by atoms with Crippen LogP contribution >= 0.6 is 0 Å². The first-order chi connectivity index (χ1) is 16.7. The van der Waals surface area contributed by atoms with Gasteiger partial charge >= 0.3 is 6.18 Å². The molecule has 6 rings (SSSR count). The van der Waals surface area contributed by atoms with E-state index in [2.05, 4.69) is 22.2 Å². The highest BCUT2D eigenvalue weighted by Crippen LogP contribution is 2.46. The Bertz CT molecular complexity index is 1300. The van der Waals surface area contributed by atoms with Crippen molar-refractivity contribution in [1.29, 1.82) is 0 Å². The van der Waals surface area contributed by atoms with E-state index >= 15 is 0 Å². The van der Waals surface area contributed by atoms with Crippen molar-refractivity contribution >= 4 is 22.4 Å². The molecule has 1 aliphatic carbocycles. The van der Waals surface area contributed by atoms with Gasteiger partial charge in [-0.3, -0.25) is 9.48 Å². The van der Waals surface area contributed by atoms with E-state index in [-0.39, 0.29) is 24.2 Å². The molecule has 3 heterocycles. The van der Waals surface area contributed by atoms with Crippen molar-refractivity contribution in [2.75, 3.05) is 25.0 Å². The van der Waals surface area contributed by atoms with Crippen LogP contribution in [0.3, 0.4) is 0 Å². The van der Waals surface area contributed by atoms with Gasteiger partial charge in [0.1, 0.15) is 0 Å². The molecule has 0 radical (unpaired) electrons. The van der Waals surface area contributed by atoms with Crippen LogP contribution in [-0.4, -0.2) is 46.4 Å². The number of benzene rings is 2. The summed E-state index contributed by atoms with van der Waals surface area (Å²) in [4.78, 5) is 14.4. The maximum Gasteiger partial charge on any atom is 0.413 e. The quantitative estimate of drug-likeness (QED) is 0.505. The van der Waals surface area contributed by atoms with Gasteiger partial charge in [0.15, 0.2) is 5.54 Å². The lowest BCUT2D eigenvalue weighted by atomic mass is 9.70. The van der Waals surface area contributed by atoms with Crippen LogP contribution in [0.2, 0.25) is 0 Å². The second kappa shape index (κ2) is 7.82. The highest BCUT2D eigenvalue weighted by Gasteiger charge is 2.58. The Labute approximate surface area is 202 Å². The van der Waals surface area contributed by atoms with Crippen LogP contribution in [0, 0.1) is 5.41 Å². The summed E-state index contributed by atoms with van der Waals surface area (Å²) in [5.41, 5.74) is 1.40. The molecule has 1 saturated carbocycles. The van der Waals surface area contributed by atoms with Gasteiger partial charge in [-0.05, 0) is 59.7 Å². The Hall–Kier alpha value is -2.87. The lowest BCUT2D eigenvalue weighted by molar-refractivity contribution is -0.232. The SMILES string of the molecule is CC1(CN2CCC(n3cc(Cc4ccc5c6c(cccc46)C(=O)N5)cn3)(C(F)(F)F)CC2)CCC1. The molecule has 0 spiro atoms. The number of carbonyl (C=O) groups is 1. The predicted octanol–water partition coefficient (Wildman–Crippen LogP) is 5.74. The minimum absolute atomic E-state index is 0.0163. The van der Waals surface area contributed by atoms with Crippen molar-refractivity contribution in [2.24, 2.45) is 5.41 Å². The lowest BCUT2D eigenvalue weighted by Crippen LogP contribution is -2.56. The number of anilines is 1. The van der Waals surface area contributed by atoms with Gasteiger partial charge in [-0.2, -0.15) is 18.3 Å². The van der Waals surface area contributed by atoms with E-state index in [1.807, 2.05) is 24.3 Å². The monoisotopic (exact) mass is 482 g/mol. The van der Waals surface area contributed by atoms with Crippen LogP contribution in [0.5, 0.6) is 0 Å². The van der Waals surface area contributed by atoms with Crippen LogP contribution in [0.25, 0.3) is 10.8 Å². The molecule has 0 atom stereocenters. The number of amides is 1. The van der Waals surface area contributed by atoms with E-state index in [4.69, 9.17) is 0 Å². The molecule has 1 amide bonds. The third-order valence-electron chi connectivity index (χ3n) is 8.47. The average Bonchev–Trinajstić information content (AvgIpc) is 3.40. The molecule has 2 fully saturated rings. The highest BCUT2D eigenvalue weighted by atomic mass is 19.4. The number of aromatic nitrogens is 2. The highest BCUT2D eigenvalue weighted by molar-refractivity contribution is 6.24. The normalized spacial score (nSPS) is 21.2. The number of alkyl halides is 3. The summed E-state index contributed by atoms with van der Waals surface area (Å²) in [5.74, 6) is -0.125. The first-order valence-corrected chi connectivity index (χ1v) is 12.4. The molecule has 1 aromatic heterocycles. The largest absolute Gasteiger partial charge is 0.413 e. The second-order valence-corrected chi connectivity index (χ2v) is 10.9. The molecule has 0 bridgehead atoms. The van der Waals surface area contributed by atoms with E-state index in [9.17, 15) is 18.0 Å². The first-order valence-electron chi connectivity index (χ1n) is 12.4. The summed E-state index contributed by atoms with van der Waals surface area (Å²) < 4.78 is 44.6. The number of nitrogens with zero attached hydrogens (tertiary/aromatic N) is 3. The zero-order chi connectivity index (χ0) is 24.4. The molecule has 5 nitrogen and oxygen atoms in total. The smallest absolute Gasteiger partial charge is 0.321 e. The molecule has 35 heavy (non-hydrogen) atoms. The summed E-state index contributed by atoms with van der Waals surface area (Å²) in [6.45, 7) is 3.99. The molecule has 1 saturated heterocycles. The number of hydrogen-bond acceptors (Lipinski definition) is 3. The summed E-state index contributed by atoms with van der Waals surface area (Å²) in [6, 6.07) is 9.39. The first kappa shape index (κ1) is 22.6. The number of carbonyl (C=O) groups excluding carboxylic acids is 1. The fourth-order valence-corrected chi connectivity index (χ4v) is 6.21. The van der Waals surface area contributed by atoms with Gasteiger partial charge in [0.05, 0.1) is 6.20 Å². The fraction of sp³-hybridized carbons (Fsp3) is 0.481. The number of nitrogens with one attached hydrogen (secondary N) is 1. The van der Waals surface area contributed by atoms with Crippen molar-refractivity contribution in [1.82, 2.24) is 14.7 Å². The van der Waals surface area contributed by atoms with E-state index in [1.54, 1.807) is 18.5 Å². The number of piperidine rings is 1. The number of rotatable bonds is 5. The lowest BCUT2D eigenvalue weighted by Gasteiger charge is -2.47. The van der Waals surface area contributed by atoms with E-state index in [0.29, 0.717) is 25.1 Å². The van der Waals surface area contributed by atoms with Crippen LogP contribution in [0.4, 0.5) is 18.9 Å². The molecule has 3 aromatic rings. The third-order valence-corrected chi connectivity index (χ3v) is 8.47. The Morgan fingerprint density at radius 3 is 2.54 bits per heavy atom. The minimum atomic E-state index is -4.38. The van der Waals surface area contributed by atoms with Gasteiger partial charge in [-0.15, -0.1) is 0 Å². The Morgan fingerprint density at radius 2 is 1.86 bits per heavy atom. The zero-order valence-electron chi connectivity index (χ0n) is 19.8. The van der Waals surface area contributed by atoms with Gasteiger partial charge < -0.3 is 10.2 Å². The van der Waals surface area contributed by atoms with E-state index in [0.717, 1.165) is 47.0 Å². The van der Waals surface area contributed by atoms with Gasteiger partial charge in [0.25, 0.3) is 5.91 Å². The molecule has 3 aliphatic rings. The summed E-state index contributed by atoms with van der Waals surface area (Å²) in [5, 5.41) is 8.94. The average molecular weight is 483 g/mol. The molecular weight excluding hydrogens is 453 g/mol. The Morgan fingerprint density at radius 1 is 1.09 bits per heavy atom. The van der Waals surface area contributed by atoms with Crippen molar-refractivity contribution in [2.45, 2.75) is 57.2 Å². The maximum absolute atomic E-state index is 14.5. The summed E-state index contributed by atoms with van der Waals surface area (Å²) in [6.07, 6.45) is 2.79. The molecule has 2 aromatic carbocycles. The van der Waals surface area contributed by atoms with Gasteiger partial charge in [-0.25, -0.2) is 0 Å². The van der Waals surface area contributed by atoms with Crippen molar-refractivity contribution in [3.63, 3.8) is 0 Å². The van der Waals surface area contributed by atoms with Crippen LogP contribution in [0.1, 0.15) is 60.5 Å². The molecule has 0 unspecified atom stereocenters. The van der Waals surface area contributed by atoms with Crippen LogP contribution < -0.4 is 5.32 Å². The fourth-order valence-electron chi connectivity index (χ4n) is 6.21. The van der Waals surface area contributed by atoms with Gasteiger partial charge in [-0.1, -0.05) is 31.5 Å². The summed E-state index contributed by atoms with van der Waals surface area (Å²) >= 11 is 0. The van der Waals surface area contributed by atoms with Gasteiger partial charge in [0, 0.05) is 48.9 Å².